The number of fused-ring (bicyclic) bond motifs is 3. The first-order chi connectivity index (χ1) is 24.7. The number of hydrogen-bond acceptors (Lipinski definition) is 10. The summed E-state index contributed by atoms with van der Waals surface area (Å²) in [6.07, 6.45) is 1.67. The van der Waals surface area contributed by atoms with Gasteiger partial charge in [0.25, 0.3) is 0 Å². The third-order valence-corrected chi connectivity index (χ3v) is 7.87. The Hall–Kier alpha value is -3.10. The summed E-state index contributed by atoms with van der Waals surface area (Å²) in [5.41, 5.74) is 4.69. The first-order valence-corrected chi connectivity index (χ1v) is 18.1. The quantitative estimate of drug-likeness (QED) is 0.115. The van der Waals surface area contributed by atoms with Crippen molar-refractivity contribution in [3.63, 3.8) is 0 Å². The van der Waals surface area contributed by atoms with Gasteiger partial charge in [-0.25, -0.2) is 4.79 Å². The topological polar surface area (TPSA) is 123 Å². The second kappa shape index (κ2) is 26.7. The molecular weight excluding hydrogens is 644 g/mol. The molecule has 0 unspecified atom stereocenters. The van der Waals surface area contributed by atoms with E-state index in [1.165, 1.54) is 11.1 Å². The molecule has 0 heterocycles. The van der Waals surface area contributed by atoms with Crippen LogP contribution in [0.15, 0.2) is 48.5 Å². The molecule has 280 valence electrons. The van der Waals surface area contributed by atoms with Crippen LogP contribution < -0.4 is 5.32 Å². The van der Waals surface area contributed by atoms with Gasteiger partial charge in [0.15, 0.2) is 0 Å². The van der Waals surface area contributed by atoms with Crippen molar-refractivity contribution in [2.75, 3.05) is 119 Å². The average molecular weight is 703 g/mol. The van der Waals surface area contributed by atoms with Gasteiger partial charge in [-0.3, -0.25) is 4.79 Å². The van der Waals surface area contributed by atoms with E-state index in [2.05, 4.69) is 43.4 Å². The maximum atomic E-state index is 13.0. The van der Waals surface area contributed by atoms with Crippen LogP contribution >= 0.6 is 0 Å². The summed E-state index contributed by atoms with van der Waals surface area (Å²) in [5, 5.41) is 2.74. The van der Waals surface area contributed by atoms with Crippen molar-refractivity contribution >= 4 is 12.0 Å². The highest BCUT2D eigenvalue weighted by Gasteiger charge is 2.29. The maximum Gasteiger partial charge on any atom is 0.407 e. The highest BCUT2D eigenvalue weighted by Crippen LogP contribution is 2.44. The fourth-order valence-electron chi connectivity index (χ4n) is 5.38. The number of nitrogens with one attached hydrogen (secondary N) is 1. The summed E-state index contributed by atoms with van der Waals surface area (Å²) in [6.45, 7) is 12.2. The molecule has 2 amide bonds. The zero-order valence-electron chi connectivity index (χ0n) is 30.1. The normalized spacial score (nSPS) is 12.1. The summed E-state index contributed by atoms with van der Waals surface area (Å²) >= 11 is 0. The Morgan fingerprint density at radius 3 is 1.52 bits per heavy atom. The minimum Gasteiger partial charge on any atom is -0.449 e. The Labute approximate surface area is 298 Å². The number of rotatable bonds is 30. The van der Waals surface area contributed by atoms with Gasteiger partial charge in [0.2, 0.25) is 5.91 Å². The lowest BCUT2D eigenvalue weighted by Gasteiger charge is -2.23. The van der Waals surface area contributed by atoms with Gasteiger partial charge in [0, 0.05) is 38.8 Å². The first-order valence-electron chi connectivity index (χ1n) is 18.1. The van der Waals surface area contributed by atoms with Gasteiger partial charge >= 0.3 is 6.09 Å². The Bertz CT molecular complexity index is 1130. The number of nitrogens with zero attached hydrogens (tertiary/aromatic N) is 1. The number of carbonyl (C=O) groups is 2. The molecule has 2 aromatic carbocycles. The van der Waals surface area contributed by atoms with E-state index in [9.17, 15) is 9.59 Å². The van der Waals surface area contributed by atoms with Gasteiger partial charge in [-0.2, -0.15) is 0 Å². The zero-order valence-corrected chi connectivity index (χ0v) is 30.1. The van der Waals surface area contributed by atoms with Crippen LogP contribution in [-0.4, -0.2) is 136 Å². The van der Waals surface area contributed by atoms with E-state index in [1.807, 2.05) is 24.3 Å². The second-order valence-corrected chi connectivity index (χ2v) is 11.7. The van der Waals surface area contributed by atoms with Crippen LogP contribution in [-0.2, 0) is 42.7 Å². The molecule has 0 fully saturated rings. The van der Waals surface area contributed by atoms with Crippen LogP contribution in [0, 0.1) is 0 Å². The van der Waals surface area contributed by atoms with E-state index in [-0.39, 0.29) is 44.6 Å². The summed E-state index contributed by atoms with van der Waals surface area (Å²) in [5.74, 6) is -0.0583. The number of hydrogen-bond donors (Lipinski definition) is 1. The number of benzene rings is 2. The van der Waals surface area contributed by atoms with Crippen LogP contribution in [0.5, 0.6) is 0 Å². The van der Waals surface area contributed by atoms with Crippen LogP contribution in [0.4, 0.5) is 4.79 Å². The molecule has 0 atom stereocenters. The Kier molecular flexibility index (Phi) is 22.0. The standard InChI is InChI=1S/C38H58N2O10/c1-3-17-43-23-27-48-29-25-46-21-15-40(16-22-47-26-30-49-28-24-44-18-4-2)37(41)13-19-45-20-14-39-38(42)50-31-36-34-11-7-5-9-32(34)33-10-6-8-12-35(33)36/h5-12,36H,3-4,13-31H2,1-2H3,(H,39,42). The molecule has 0 spiro atoms. The lowest BCUT2D eigenvalue weighted by atomic mass is 9.98. The molecule has 0 aliphatic heterocycles. The molecule has 0 aromatic heterocycles. The molecule has 0 radical (unpaired) electrons. The summed E-state index contributed by atoms with van der Waals surface area (Å²) < 4.78 is 44.4. The van der Waals surface area contributed by atoms with Crippen molar-refractivity contribution < 1.29 is 47.5 Å². The van der Waals surface area contributed by atoms with Crippen LogP contribution in [0.1, 0.15) is 50.2 Å². The van der Waals surface area contributed by atoms with E-state index < -0.39 is 6.09 Å². The molecule has 1 aliphatic carbocycles. The number of amides is 2. The van der Waals surface area contributed by atoms with E-state index in [0.717, 1.165) is 37.2 Å². The van der Waals surface area contributed by atoms with Crippen molar-refractivity contribution in [1.82, 2.24) is 10.2 Å². The zero-order chi connectivity index (χ0) is 35.5. The van der Waals surface area contributed by atoms with Gasteiger partial charge in [-0.05, 0) is 35.1 Å². The fourth-order valence-corrected chi connectivity index (χ4v) is 5.38. The third-order valence-electron chi connectivity index (χ3n) is 7.87. The fraction of sp³-hybridized carbons (Fsp3) is 0.632. The second-order valence-electron chi connectivity index (χ2n) is 11.7. The predicted molar refractivity (Wildman–Crippen MR) is 191 cm³/mol. The van der Waals surface area contributed by atoms with Gasteiger partial charge in [0.05, 0.1) is 85.7 Å². The minimum atomic E-state index is -0.497. The Balaban J connectivity index is 1.28. The minimum absolute atomic E-state index is 0.00155. The van der Waals surface area contributed by atoms with Crippen molar-refractivity contribution in [3.05, 3.63) is 59.7 Å². The van der Waals surface area contributed by atoms with Crippen LogP contribution in [0.3, 0.4) is 0 Å². The van der Waals surface area contributed by atoms with E-state index in [1.54, 1.807) is 4.90 Å². The smallest absolute Gasteiger partial charge is 0.407 e. The molecule has 0 bridgehead atoms. The Morgan fingerprint density at radius 2 is 1.02 bits per heavy atom. The number of alkyl carbamates (subject to hydrolysis) is 1. The van der Waals surface area contributed by atoms with Gasteiger partial charge in [-0.1, -0.05) is 62.4 Å². The molecule has 3 rings (SSSR count). The highest BCUT2D eigenvalue weighted by atomic mass is 16.6. The molecular formula is C38H58N2O10. The lowest BCUT2D eigenvalue weighted by molar-refractivity contribution is -0.134. The largest absolute Gasteiger partial charge is 0.449 e. The SMILES string of the molecule is CCCOCCOCCOCCN(CCOCCOCCOCCC)C(=O)CCOCCNC(=O)OCC1c2ccccc2-c2ccccc21. The van der Waals surface area contributed by atoms with E-state index in [0.29, 0.717) is 79.2 Å². The molecule has 0 saturated carbocycles. The van der Waals surface area contributed by atoms with E-state index >= 15 is 0 Å². The van der Waals surface area contributed by atoms with E-state index in [4.69, 9.17) is 37.9 Å². The van der Waals surface area contributed by atoms with Crippen molar-refractivity contribution in [2.24, 2.45) is 0 Å². The Morgan fingerprint density at radius 1 is 0.580 bits per heavy atom. The summed E-state index contributed by atoms with van der Waals surface area (Å²) in [7, 11) is 0. The molecule has 12 heteroatoms. The van der Waals surface area contributed by atoms with Gasteiger partial charge in [-0.15, -0.1) is 0 Å². The summed E-state index contributed by atoms with van der Waals surface area (Å²) in [4.78, 5) is 27.2. The van der Waals surface area contributed by atoms with Crippen LogP contribution in [0.25, 0.3) is 11.1 Å². The molecule has 2 aromatic rings. The maximum absolute atomic E-state index is 13.0. The average Bonchev–Trinajstić information content (AvgIpc) is 3.46. The van der Waals surface area contributed by atoms with Gasteiger partial charge < -0.3 is 48.1 Å². The molecule has 0 saturated heterocycles. The highest BCUT2D eigenvalue weighted by molar-refractivity contribution is 5.79. The molecule has 50 heavy (non-hydrogen) atoms. The van der Waals surface area contributed by atoms with Gasteiger partial charge in [0.1, 0.15) is 6.61 Å². The number of ether oxygens (including phenoxy) is 8. The molecule has 1 N–H and O–H groups in total. The number of carbonyl (C=O) groups excluding carboxylic acids is 2. The third kappa shape index (κ3) is 16.3. The van der Waals surface area contributed by atoms with Crippen molar-refractivity contribution in [2.45, 2.75) is 39.0 Å². The first kappa shape index (κ1) is 41.3. The predicted octanol–water partition coefficient (Wildman–Crippen LogP) is 4.68. The van der Waals surface area contributed by atoms with Crippen molar-refractivity contribution in [3.8, 4) is 11.1 Å². The summed E-state index contributed by atoms with van der Waals surface area (Å²) in [6, 6.07) is 16.4. The lowest BCUT2D eigenvalue weighted by Crippen LogP contribution is -2.37. The molecule has 12 nitrogen and oxygen atoms in total. The monoisotopic (exact) mass is 702 g/mol. The van der Waals surface area contributed by atoms with Crippen molar-refractivity contribution in [1.29, 1.82) is 0 Å². The molecule has 1 aliphatic rings. The van der Waals surface area contributed by atoms with Crippen LogP contribution in [0.2, 0.25) is 0 Å².